The van der Waals surface area contributed by atoms with Crippen molar-refractivity contribution < 1.29 is 14.3 Å². The summed E-state index contributed by atoms with van der Waals surface area (Å²) in [5.41, 5.74) is 0.230. The van der Waals surface area contributed by atoms with Gasteiger partial charge in [0, 0.05) is 20.0 Å². The van der Waals surface area contributed by atoms with Crippen LogP contribution in [0.4, 0.5) is 0 Å². The Morgan fingerprint density at radius 3 is 2.24 bits per heavy atom. The number of carbonyl (C=O) groups is 2. The van der Waals surface area contributed by atoms with Crippen LogP contribution in [0.3, 0.4) is 0 Å². The van der Waals surface area contributed by atoms with E-state index >= 15 is 0 Å². The Morgan fingerprint density at radius 2 is 1.67 bits per heavy atom. The molecule has 0 aliphatic carbocycles. The molecule has 2 amide bonds. The topological polar surface area (TPSA) is 67.4 Å². The molecule has 0 unspecified atom stereocenters. The van der Waals surface area contributed by atoms with Gasteiger partial charge in [-0.05, 0) is 25.0 Å². The quantitative estimate of drug-likeness (QED) is 0.754. The molecule has 2 N–H and O–H groups in total. The third kappa shape index (κ3) is 5.44. The van der Waals surface area contributed by atoms with Crippen LogP contribution in [0, 0.1) is 0 Å². The van der Waals surface area contributed by atoms with Crippen LogP contribution in [0.2, 0.25) is 10.0 Å². The molecular formula is C14H18Cl2N2O3. The van der Waals surface area contributed by atoms with Crippen LogP contribution in [0.15, 0.2) is 12.1 Å². The van der Waals surface area contributed by atoms with Crippen molar-refractivity contribution in [1.82, 2.24) is 10.6 Å². The molecule has 0 saturated heterocycles. The average Bonchev–Trinajstić information content (AvgIpc) is 2.44. The third-order valence-electron chi connectivity index (χ3n) is 2.75. The summed E-state index contributed by atoms with van der Waals surface area (Å²) in [5, 5.41) is 6.06. The van der Waals surface area contributed by atoms with Gasteiger partial charge in [-0.15, -0.1) is 0 Å². The number of rotatable bonds is 7. The zero-order chi connectivity index (χ0) is 15.8. The zero-order valence-corrected chi connectivity index (χ0v) is 13.5. The summed E-state index contributed by atoms with van der Waals surface area (Å²) in [7, 11) is 1.43. The number of benzene rings is 1. The SMILES string of the molecule is COc1c(Cl)ccc(Cl)c1C(=O)NCCCCNC(C)=O. The molecule has 0 radical (unpaired) electrons. The van der Waals surface area contributed by atoms with Crippen molar-refractivity contribution in [2.75, 3.05) is 20.2 Å². The lowest BCUT2D eigenvalue weighted by Crippen LogP contribution is -2.27. The standard InChI is InChI=1S/C14H18Cl2N2O3/c1-9(19)17-7-3-4-8-18-14(20)12-10(15)5-6-11(16)13(12)21-2/h5-6H,3-4,7-8H2,1-2H3,(H,17,19)(H,18,20). The van der Waals surface area contributed by atoms with Crippen molar-refractivity contribution >= 4 is 35.0 Å². The zero-order valence-electron chi connectivity index (χ0n) is 12.0. The largest absolute Gasteiger partial charge is 0.494 e. The molecule has 116 valence electrons. The number of unbranched alkanes of at least 4 members (excludes halogenated alkanes) is 1. The predicted octanol–water partition coefficient (Wildman–Crippen LogP) is 2.65. The van der Waals surface area contributed by atoms with E-state index in [1.165, 1.54) is 14.0 Å². The summed E-state index contributed by atoms with van der Waals surface area (Å²) >= 11 is 12.0. The maximum atomic E-state index is 12.1. The molecule has 0 aromatic heterocycles. The Kier molecular flexibility index (Phi) is 7.32. The number of ether oxygens (including phenoxy) is 1. The molecule has 0 aliphatic heterocycles. The molecule has 1 rings (SSSR count). The van der Waals surface area contributed by atoms with Crippen molar-refractivity contribution in [2.24, 2.45) is 0 Å². The molecule has 0 fully saturated rings. The number of nitrogens with one attached hydrogen (secondary N) is 2. The van der Waals surface area contributed by atoms with Gasteiger partial charge in [-0.3, -0.25) is 9.59 Å². The average molecular weight is 333 g/mol. The van der Waals surface area contributed by atoms with E-state index in [0.717, 1.165) is 12.8 Å². The van der Waals surface area contributed by atoms with Crippen molar-refractivity contribution in [3.8, 4) is 5.75 Å². The maximum Gasteiger partial charge on any atom is 0.256 e. The molecule has 21 heavy (non-hydrogen) atoms. The molecule has 0 bridgehead atoms. The Bertz CT molecular complexity index is 521. The first-order valence-corrected chi connectivity index (χ1v) is 7.27. The third-order valence-corrected chi connectivity index (χ3v) is 3.37. The highest BCUT2D eigenvalue weighted by molar-refractivity contribution is 6.37. The van der Waals surface area contributed by atoms with Gasteiger partial charge < -0.3 is 15.4 Å². The fraction of sp³-hybridized carbons (Fsp3) is 0.429. The van der Waals surface area contributed by atoms with Gasteiger partial charge in [0.2, 0.25) is 5.91 Å². The van der Waals surface area contributed by atoms with Gasteiger partial charge in [0.25, 0.3) is 5.91 Å². The van der Waals surface area contributed by atoms with Crippen molar-refractivity contribution in [3.63, 3.8) is 0 Å². The van der Waals surface area contributed by atoms with Gasteiger partial charge >= 0.3 is 0 Å². The fourth-order valence-corrected chi connectivity index (χ4v) is 2.22. The number of hydrogen-bond acceptors (Lipinski definition) is 3. The number of methoxy groups -OCH3 is 1. The second-order valence-electron chi connectivity index (χ2n) is 4.38. The van der Waals surface area contributed by atoms with Crippen LogP contribution < -0.4 is 15.4 Å². The Labute approximate surface area is 133 Å². The van der Waals surface area contributed by atoms with Crippen molar-refractivity contribution in [3.05, 3.63) is 27.7 Å². The molecular weight excluding hydrogens is 315 g/mol. The lowest BCUT2D eigenvalue weighted by Gasteiger charge is -2.12. The second-order valence-corrected chi connectivity index (χ2v) is 5.20. The van der Waals surface area contributed by atoms with Gasteiger partial charge in [0.15, 0.2) is 5.75 Å². The van der Waals surface area contributed by atoms with Gasteiger partial charge in [0.1, 0.15) is 5.56 Å². The minimum absolute atomic E-state index is 0.0607. The Hall–Kier alpha value is -1.46. The summed E-state index contributed by atoms with van der Waals surface area (Å²) in [6, 6.07) is 3.13. The second kappa shape index (κ2) is 8.74. The van der Waals surface area contributed by atoms with Crippen molar-refractivity contribution in [2.45, 2.75) is 19.8 Å². The van der Waals surface area contributed by atoms with Crippen LogP contribution in [0.1, 0.15) is 30.1 Å². The molecule has 5 nitrogen and oxygen atoms in total. The van der Waals surface area contributed by atoms with E-state index in [4.69, 9.17) is 27.9 Å². The van der Waals surface area contributed by atoms with Gasteiger partial charge in [-0.1, -0.05) is 23.2 Å². The predicted molar refractivity (Wildman–Crippen MR) is 83.3 cm³/mol. The molecule has 1 aromatic rings. The Morgan fingerprint density at radius 1 is 1.10 bits per heavy atom. The first-order valence-electron chi connectivity index (χ1n) is 6.52. The highest BCUT2D eigenvalue weighted by Crippen LogP contribution is 2.33. The molecule has 0 spiro atoms. The van der Waals surface area contributed by atoms with E-state index in [-0.39, 0.29) is 28.1 Å². The summed E-state index contributed by atoms with van der Waals surface area (Å²) in [4.78, 5) is 22.8. The number of carbonyl (C=O) groups excluding carboxylic acids is 2. The highest BCUT2D eigenvalue weighted by atomic mass is 35.5. The number of halogens is 2. The molecule has 1 aromatic carbocycles. The summed E-state index contributed by atoms with van der Waals surface area (Å²) < 4.78 is 5.12. The van der Waals surface area contributed by atoms with Crippen LogP contribution in [0.5, 0.6) is 5.75 Å². The number of amides is 2. The van der Waals surface area contributed by atoms with E-state index in [1.54, 1.807) is 12.1 Å². The lowest BCUT2D eigenvalue weighted by atomic mass is 10.1. The smallest absolute Gasteiger partial charge is 0.256 e. The van der Waals surface area contributed by atoms with Crippen LogP contribution in [-0.4, -0.2) is 32.0 Å². The van der Waals surface area contributed by atoms with Gasteiger partial charge in [-0.25, -0.2) is 0 Å². The van der Waals surface area contributed by atoms with E-state index in [0.29, 0.717) is 18.1 Å². The molecule has 0 atom stereocenters. The minimum atomic E-state index is -0.334. The monoisotopic (exact) mass is 332 g/mol. The van der Waals surface area contributed by atoms with Gasteiger partial charge in [-0.2, -0.15) is 0 Å². The highest BCUT2D eigenvalue weighted by Gasteiger charge is 2.18. The van der Waals surface area contributed by atoms with Crippen molar-refractivity contribution in [1.29, 1.82) is 0 Å². The van der Waals surface area contributed by atoms with E-state index < -0.39 is 0 Å². The van der Waals surface area contributed by atoms with Gasteiger partial charge in [0.05, 0.1) is 17.2 Å². The van der Waals surface area contributed by atoms with Crippen LogP contribution >= 0.6 is 23.2 Å². The molecule has 0 aliphatic rings. The van der Waals surface area contributed by atoms with Crippen LogP contribution in [0.25, 0.3) is 0 Å². The van der Waals surface area contributed by atoms with E-state index in [1.807, 2.05) is 0 Å². The van der Waals surface area contributed by atoms with E-state index in [2.05, 4.69) is 10.6 Å². The molecule has 0 saturated carbocycles. The molecule has 7 heteroatoms. The van der Waals surface area contributed by atoms with E-state index in [9.17, 15) is 9.59 Å². The summed E-state index contributed by atoms with van der Waals surface area (Å²) in [6.45, 7) is 2.53. The first-order chi connectivity index (χ1) is 9.97. The van der Waals surface area contributed by atoms with Crippen LogP contribution in [-0.2, 0) is 4.79 Å². The maximum absolute atomic E-state index is 12.1. The number of hydrogen-bond donors (Lipinski definition) is 2. The minimum Gasteiger partial charge on any atom is -0.494 e. The first kappa shape index (κ1) is 17.6. The fourth-order valence-electron chi connectivity index (χ4n) is 1.75. The summed E-state index contributed by atoms with van der Waals surface area (Å²) in [5.74, 6) is -0.131. The normalized spacial score (nSPS) is 10.1. The lowest BCUT2D eigenvalue weighted by molar-refractivity contribution is -0.118. The molecule has 0 heterocycles. The Balaban J connectivity index is 2.53. The summed E-state index contributed by atoms with van der Waals surface area (Å²) in [6.07, 6.45) is 1.52.